The number of fused-ring (bicyclic) bond motifs is 1. The molecule has 0 unspecified atom stereocenters. The summed E-state index contributed by atoms with van der Waals surface area (Å²) in [6.45, 7) is 0.843. The Kier molecular flexibility index (Phi) is 7.34. The number of amides is 1. The van der Waals surface area contributed by atoms with Gasteiger partial charge in [-0.1, -0.05) is 29.8 Å². The molecule has 2 aliphatic rings. The largest absolute Gasteiger partial charge is 0.375 e. The lowest BCUT2D eigenvalue weighted by Crippen LogP contribution is -2.31. The van der Waals surface area contributed by atoms with Crippen LogP contribution in [-0.4, -0.2) is 53.4 Å². The number of carbonyl (C=O) groups is 1. The van der Waals surface area contributed by atoms with Gasteiger partial charge in [-0.15, -0.1) is 0 Å². The van der Waals surface area contributed by atoms with E-state index in [1.54, 1.807) is 24.4 Å². The third-order valence-corrected chi connectivity index (χ3v) is 6.37. The summed E-state index contributed by atoms with van der Waals surface area (Å²) >= 11 is 6.41. The Hall–Kier alpha value is -3.95. The molecule has 0 saturated carbocycles. The van der Waals surface area contributed by atoms with Crippen LogP contribution in [0, 0.1) is 5.82 Å². The fourth-order valence-electron chi connectivity index (χ4n) is 4.21. The van der Waals surface area contributed by atoms with E-state index >= 15 is 0 Å². The molecular weight excluding hydrogens is 495 g/mol. The van der Waals surface area contributed by atoms with Crippen LogP contribution in [0.25, 0.3) is 16.3 Å². The first-order chi connectivity index (χ1) is 18.0. The van der Waals surface area contributed by atoms with E-state index in [4.69, 9.17) is 21.3 Å². The number of carbonyl (C=O) groups excluding carboxylic acids is 1. The second-order valence-corrected chi connectivity index (χ2v) is 8.93. The quantitative estimate of drug-likeness (QED) is 0.414. The number of anilines is 1. The van der Waals surface area contributed by atoms with Crippen LogP contribution < -0.4 is 10.6 Å². The van der Waals surface area contributed by atoms with Crippen LogP contribution in [0.4, 0.5) is 10.3 Å². The van der Waals surface area contributed by atoms with Gasteiger partial charge in [0.1, 0.15) is 12.4 Å². The molecule has 3 heterocycles. The van der Waals surface area contributed by atoms with E-state index in [1.165, 1.54) is 19.2 Å². The maximum absolute atomic E-state index is 13.5. The number of halogens is 2. The Bertz CT molecular complexity index is 1440. The molecule has 8 nitrogen and oxygen atoms in total. The predicted octanol–water partition coefficient (Wildman–Crippen LogP) is 4.08. The number of nitrogens with one attached hydrogen (secondary N) is 2. The van der Waals surface area contributed by atoms with Crippen LogP contribution in [0.1, 0.15) is 34.5 Å². The van der Waals surface area contributed by atoms with Crippen molar-refractivity contribution >= 4 is 45.5 Å². The number of hydrogen-bond donors (Lipinski definition) is 2. The number of ether oxygens (including phenoxy) is 1. The van der Waals surface area contributed by atoms with Crippen LogP contribution >= 0.6 is 11.6 Å². The third-order valence-electron chi connectivity index (χ3n) is 6.01. The lowest BCUT2D eigenvalue weighted by molar-refractivity contribution is -0.124. The van der Waals surface area contributed by atoms with Crippen LogP contribution in [-0.2, 0) is 16.0 Å². The van der Waals surface area contributed by atoms with Crippen molar-refractivity contribution < 1.29 is 13.9 Å². The van der Waals surface area contributed by atoms with Crippen molar-refractivity contribution in [3.8, 4) is 0 Å². The first-order valence-corrected chi connectivity index (χ1v) is 12.1. The highest BCUT2D eigenvalue weighted by molar-refractivity contribution is 6.49. The second kappa shape index (κ2) is 11.0. The molecular formula is C27H24ClFN6O2. The Balaban J connectivity index is 1.44. The lowest BCUT2D eigenvalue weighted by Gasteiger charge is -2.10. The Morgan fingerprint density at radius 3 is 2.78 bits per heavy atom. The molecule has 1 amide bonds. The van der Waals surface area contributed by atoms with Gasteiger partial charge in [-0.05, 0) is 41.0 Å². The summed E-state index contributed by atoms with van der Waals surface area (Å²) in [5.74, 6) is -0.0842. The molecule has 0 fully saturated rings. The summed E-state index contributed by atoms with van der Waals surface area (Å²) in [4.78, 5) is 30.1. The summed E-state index contributed by atoms with van der Waals surface area (Å²) in [5.41, 5.74) is 6.68. The minimum absolute atomic E-state index is 0.00979. The fraction of sp³-hybridized carbons (Fsp3) is 0.222. The number of pyridine rings is 1. The molecule has 0 atom stereocenters. The monoisotopic (exact) mass is 518 g/mol. The smallest absolute Gasteiger partial charge is 0.246 e. The number of methoxy groups -OCH3 is 1. The molecule has 10 heteroatoms. The Labute approximate surface area is 218 Å². The molecule has 188 valence electrons. The van der Waals surface area contributed by atoms with Crippen LogP contribution in [0.15, 0.2) is 59.9 Å². The Morgan fingerprint density at radius 1 is 1.14 bits per heavy atom. The van der Waals surface area contributed by atoms with Gasteiger partial charge in [0, 0.05) is 56.0 Å². The van der Waals surface area contributed by atoms with E-state index in [0.717, 1.165) is 33.7 Å². The normalized spacial score (nSPS) is 14.4. The first kappa shape index (κ1) is 24.7. The fourth-order valence-corrected chi connectivity index (χ4v) is 4.45. The van der Waals surface area contributed by atoms with Crippen molar-refractivity contribution in [2.45, 2.75) is 12.8 Å². The molecule has 5 rings (SSSR count). The molecule has 0 saturated heterocycles. The summed E-state index contributed by atoms with van der Waals surface area (Å²) in [6, 6.07) is 10.1. The van der Waals surface area contributed by atoms with Crippen molar-refractivity contribution in [1.29, 1.82) is 0 Å². The van der Waals surface area contributed by atoms with Gasteiger partial charge in [0.2, 0.25) is 11.9 Å². The maximum Gasteiger partial charge on any atom is 0.246 e. The standard InChI is InChI=1S/C27H24ClFN6O2/c1-37-15-25(36)30-10-11-32-27-31-9-8-23(35-27)26-19(13-24(34-26)16-2-4-18(29)5-3-16)17-12-20-21(28)6-7-22(20)33-14-17/h2-6,8-9,12,14H,7,10-11,13,15H2,1H3,(H,30,36)(H,31,32,35). The highest BCUT2D eigenvalue weighted by Gasteiger charge is 2.25. The topological polar surface area (TPSA) is 101 Å². The molecule has 1 aliphatic carbocycles. The van der Waals surface area contributed by atoms with E-state index in [-0.39, 0.29) is 18.3 Å². The highest BCUT2D eigenvalue weighted by Crippen LogP contribution is 2.39. The summed E-state index contributed by atoms with van der Waals surface area (Å²) in [5, 5.41) is 6.55. The average Bonchev–Trinajstić information content (AvgIpc) is 3.51. The van der Waals surface area contributed by atoms with Gasteiger partial charge in [-0.2, -0.15) is 0 Å². The minimum atomic E-state index is -0.301. The highest BCUT2D eigenvalue weighted by atomic mass is 35.5. The molecule has 0 radical (unpaired) electrons. The van der Waals surface area contributed by atoms with Gasteiger partial charge in [0.05, 0.1) is 22.8 Å². The number of nitrogens with zero attached hydrogens (tertiary/aromatic N) is 4. The molecule has 1 aliphatic heterocycles. The van der Waals surface area contributed by atoms with Crippen molar-refractivity contribution in [3.05, 3.63) is 88.8 Å². The van der Waals surface area contributed by atoms with Gasteiger partial charge in [0.25, 0.3) is 0 Å². The Morgan fingerprint density at radius 2 is 1.97 bits per heavy atom. The van der Waals surface area contributed by atoms with Gasteiger partial charge in [0.15, 0.2) is 0 Å². The molecule has 37 heavy (non-hydrogen) atoms. The summed E-state index contributed by atoms with van der Waals surface area (Å²) < 4.78 is 18.4. The SMILES string of the molecule is COCC(=O)NCCNc1nccc(C2=C(c3cnc4c(c3)C(Cl)=CC4)CC(c3ccc(F)cc3)=N2)n1. The number of aliphatic imine (C=N–C) groups is 1. The van der Waals surface area contributed by atoms with Crippen LogP contribution in [0.3, 0.4) is 0 Å². The van der Waals surface area contributed by atoms with Crippen LogP contribution in [0.2, 0.25) is 0 Å². The molecule has 2 aromatic heterocycles. The summed E-state index contributed by atoms with van der Waals surface area (Å²) in [7, 11) is 1.47. The zero-order valence-electron chi connectivity index (χ0n) is 20.1. The van der Waals surface area contributed by atoms with E-state index < -0.39 is 0 Å². The number of benzene rings is 1. The predicted molar refractivity (Wildman–Crippen MR) is 142 cm³/mol. The molecule has 1 aromatic carbocycles. The van der Waals surface area contributed by atoms with Crippen LogP contribution in [0.5, 0.6) is 0 Å². The van der Waals surface area contributed by atoms with Crippen molar-refractivity contribution in [3.63, 3.8) is 0 Å². The van der Waals surface area contributed by atoms with E-state index in [9.17, 15) is 9.18 Å². The molecule has 0 bridgehead atoms. The van der Waals surface area contributed by atoms with Gasteiger partial charge < -0.3 is 15.4 Å². The van der Waals surface area contributed by atoms with E-state index in [1.807, 2.05) is 18.3 Å². The van der Waals surface area contributed by atoms with Gasteiger partial charge in [-0.3, -0.25) is 9.78 Å². The number of rotatable bonds is 9. The zero-order valence-corrected chi connectivity index (χ0v) is 20.8. The van der Waals surface area contributed by atoms with Gasteiger partial charge in [-0.25, -0.2) is 19.4 Å². The number of aromatic nitrogens is 3. The third kappa shape index (κ3) is 5.58. The van der Waals surface area contributed by atoms with E-state index in [0.29, 0.717) is 48.3 Å². The second-order valence-electron chi connectivity index (χ2n) is 8.52. The first-order valence-electron chi connectivity index (χ1n) is 11.8. The maximum atomic E-state index is 13.5. The molecule has 0 spiro atoms. The van der Waals surface area contributed by atoms with Gasteiger partial charge >= 0.3 is 0 Å². The average molecular weight is 519 g/mol. The van der Waals surface area contributed by atoms with E-state index in [2.05, 4.69) is 25.6 Å². The molecule has 2 N–H and O–H groups in total. The zero-order chi connectivity index (χ0) is 25.8. The summed E-state index contributed by atoms with van der Waals surface area (Å²) in [6.07, 6.45) is 6.69. The van der Waals surface area contributed by atoms with Crippen molar-refractivity contribution in [2.75, 3.05) is 32.1 Å². The lowest BCUT2D eigenvalue weighted by atomic mass is 9.97. The molecule has 3 aromatic rings. The van der Waals surface area contributed by atoms with Crippen molar-refractivity contribution in [2.24, 2.45) is 4.99 Å². The minimum Gasteiger partial charge on any atom is -0.375 e. The number of hydrogen-bond acceptors (Lipinski definition) is 7. The number of allylic oxidation sites excluding steroid dienone is 2. The van der Waals surface area contributed by atoms with Crippen molar-refractivity contribution in [1.82, 2.24) is 20.3 Å².